The van der Waals surface area contributed by atoms with Crippen molar-refractivity contribution >= 4 is 5.97 Å². The molecule has 1 aliphatic rings. The van der Waals surface area contributed by atoms with Crippen molar-refractivity contribution in [3.8, 4) is 11.1 Å². The van der Waals surface area contributed by atoms with Crippen LogP contribution in [0.1, 0.15) is 30.9 Å². The van der Waals surface area contributed by atoms with E-state index < -0.39 is 0 Å². The second-order valence-electron chi connectivity index (χ2n) is 6.01. The summed E-state index contributed by atoms with van der Waals surface area (Å²) in [6.45, 7) is 7.84. The van der Waals surface area contributed by atoms with Crippen LogP contribution in [-0.4, -0.2) is 12.6 Å². The van der Waals surface area contributed by atoms with E-state index in [1.54, 1.807) is 6.92 Å². The summed E-state index contributed by atoms with van der Waals surface area (Å²) in [6.07, 6.45) is 0. The van der Waals surface area contributed by atoms with Gasteiger partial charge in [-0.05, 0) is 29.2 Å². The van der Waals surface area contributed by atoms with Gasteiger partial charge in [0.25, 0.3) is 0 Å². The molecular formula is C20H20O2. The van der Waals surface area contributed by atoms with Crippen molar-refractivity contribution in [1.29, 1.82) is 0 Å². The van der Waals surface area contributed by atoms with Crippen LogP contribution in [0.25, 0.3) is 11.1 Å². The van der Waals surface area contributed by atoms with Crippen molar-refractivity contribution in [2.75, 3.05) is 6.61 Å². The van der Waals surface area contributed by atoms with Gasteiger partial charge in [-0.3, -0.25) is 0 Å². The Kier molecular flexibility index (Phi) is 3.84. The number of ether oxygens (including phenoxy) is 1. The number of esters is 1. The molecular weight excluding hydrogens is 272 g/mol. The van der Waals surface area contributed by atoms with E-state index in [-0.39, 0.29) is 17.8 Å². The lowest BCUT2D eigenvalue weighted by Crippen LogP contribution is -2.18. The zero-order valence-electron chi connectivity index (χ0n) is 13.0. The third kappa shape index (κ3) is 2.45. The van der Waals surface area contributed by atoms with E-state index in [0.717, 1.165) is 0 Å². The summed E-state index contributed by atoms with van der Waals surface area (Å²) in [5.74, 6) is 0.171. The second kappa shape index (κ2) is 5.80. The molecule has 0 saturated carbocycles. The zero-order chi connectivity index (χ0) is 15.7. The fourth-order valence-electron chi connectivity index (χ4n) is 3.23. The molecule has 0 amide bonds. The topological polar surface area (TPSA) is 26.3 Å². The number of fused-ring (bicyclic) bond motifs is 3. The van der Waals surface area contributed by atoms with Crippen LogP contribution in [0.4, 0.5) is 0 Å². The van der Waals surface area contributed by atoms with Gasteiger partial charge in [0.05, 0.1) is 6.61 Å². The molecule has 0 spiro atoms. The molecule has 0 heterocycles. The molecule has 112 valence electrons. The summed E-state index contributed by atoms with van der Waals surface area (Å²) in [5, 5.41) is 0. The molecule has 0 aliphatic heterocycles. The van der Waals surface area contributed by atoms with Crippen molar-refractivity contribution in [3.05, 3.63) is 71.8 Å². The highest BCUT2D eigenvalue weighted by molar-refractivity contribution is 5.87. The van der Waals surface area contributed by atoms with Crippen molar-refractivity contribution in [2.24, 2.45) is 5.92 Å². The van der Waals surface area contributed by atoms with Crippen molar-refractivity contribution in [1.82, 2.24) is 0 Å². The average Bonchev–Trinajstić information content (AvgIpc) is 2.87. The minimum atomic E-state index is -0.314. The predicted molar refractivity (Wildman–Crippen MR) is 88.7 cm³/mol. The highest BCUT2D eigenvalue weighted by atomic mass is 16.5. The van der Waals surface area contributed by atoms with Gasteiger partial charge in [0.2, 0.25) is 0 Å². The van der Waals surface area contributed by atoms with E-state index in [1.807, 2.05) is 0 Å². The molecule has 0 radical (unpaired) electrons. The van der Waals surface area contributed by atoms with Gasteiger partial charge in [-0.2, -0.15) is 0 Å². The third-order valence-corrected chi connectivity index (χ3v) is 4.28. The minimum absolute atomic E-state index is 0.216. The first kappa shape index (κ1) is 14.6. The van der Waals surface area contributed by atoms with Gasteiger partial charge >= 0.3 is 5.97 Å². The summed E-state index contributed by atoms with van der Waals surface area (Å²) < 4.78 is 5.37. The molecule has 2 heteroatoms. The summed E-state index contributed by atoms with van der Waals surface area (Å²) in [7, 11) is 0. The smallest absolute Gasteiger partial charge is 0.333 e. The Bertz CT molecular complexity index is 684. The lowest BCUT2D eigenvalue weighted by Gasteiger charge is -2.21. The molecule has 0 aromatic heterocycles. The first-order chi connectivity index (χ1) is 10.6. The highest BCUT2D eigenvalue weighted by Gasteiger charge is 2.32. The minimum Gasteiger partial charge on any atom is -0.462 e. The molecule has 1 unspecified atom stereocenters. The number of carbonyl (C=O) groups is 1. The third-order valence-electron chi connectivity index (χ3n) is 4.28. The maximum Gasteiger partial charge on any atom is 0.333 e. The van der Waals surface area contributed by atoms with Gasteiger partial charge in [0, 0.05) is 17.4 Å². The van der Waals surface area contributed by atoms with Gasteiger partial charge in [-0.25, -0.2) is 4.79 Å². The molecule has 22 heavy (non-hydrogen) atoms. The molecule has 0 saturated heterocycles. The first-order valence-electron chi connectivity index (χ1n) is 7.60. The van der Waals surface area contributed by atoms with Gasteiger partial charge in [-0.15, -0.1) is 0 Å². The molecule has 2 nitrogen and oxygen atoms in total. The molecule has 2 aromatic rings. The SMILES string of the molecule is C=C(C)C(=O)OCC(C)C1c2ccccc2-c2ccccc21. The normalized spacial score (nSPS) is 14.1. The van der Waals surface area contributed by atoms with Gasteiger partial charge in [0.15, 0.2) is 0 Å². The van der Waals surface area contributed by atoms with Crippen molar-refractivity contribution < 1.29 is 9.53 Å². The van der Waals surface area contributed by atoms with Crippen LogP contribution >= 0.6 is 0 Å². The Balaban J connectivity index is 1.90. The van der Waals surface area contributed by atoms with Crippen LogP contribution in [0.5, 0.6) is 0 Å². The highest BCUT2D eigenvalue weighted by Crippen LogP contribution is 2.47. The van der Waals surface area contributed by atoms with Crippen LogP contribution in [0.2, 0.25) is 0 Å². The molecule has 0 bridgehead atoms. The molecule has 2 aromatic carbocycles. The summed E-state index contributed by atoms with van der Waals surface area (Å²) in [6, 6.07) is 17.0. The van der Waals surface area contributed by atoms with Gasteiger partial charge in [-0.1, -0.05) is 62.0 Å². The van der Waals surface area contributed by atoms with Crippen molar-refractivity contribution in [2.45, 2.75) is 19.8 Å². The van der Waals surface area contributed by atoms with E-state index in [0.29, 0.717) is 12.2 Å². The largest absolute Gasteiger partial charge is 0.462 e. The number of hydrogen-bond donors (Lipinski definition) is 0. The average molecular weight is 292 g/mol. The van der Waals surface area contributed by atoms with Crippen LogP contribution in [0.15, 0.2) is 60.7 Å². The monoisotopic (exact) mass is 292 g/mol. The van der Waals surface area contributed by atoms with E-state index in [4.69, 9.17) is 4.74 Å². The number of carbonyl (C=O) groups excluding carboxylic acids is 1. The Labute approximate surface area is 131 Å². The van der Waals surface area contributed by atoms with Crippen LogP contribution in [-0.2, 0) is 9.53 Å². The lowest BCUT2D eigenvalue weighted by atomic mass is 9.86. The zero-order valence-corrected chi connectivity index (χ0v) is 13.0. The Hall–Kier alpha value is -2.35. The lowest BCUT2D eigenvalue weighted by molar-refractivity contribution is -0.140. The maximum absolute atomic E-state index is 11.6. The van der Waals surface area contributed by atoms with E-state index in [1.165, 1.54) is 22.3 Å². The van der Waals surface area contributed by atoms with Crippen LogP contribution < -0.4 is 0 Å². The molecule has 1 aliphatic carbocycles. The molecule has 0 fully saturated rings. The fraction of sp³-hybridized carbons (Fsp3) is 0.250. The Morgan fingerprint density at radius 1 is 1.09 bits per heavy atom. The standard InChI is InChI=1S/C20H20O2/c1-13(2)20(21)22-12-14(3)19-17-10-6-4-8-15(17)16-9-5-7-11-18(16)19/h4-11,14,19H,1,12H2,2-3H3. The molecule has 3 rings (SSSR count). The van der Waals surface area contributed by atoms with Gasteiger partial charge in [0.1, 0.15) is 0 Å². The predicted octanol–water partition coefficient (Wildman–Crippen LogP) is 4.55. The molecule has 0 N–H and O–H groups in total. The van der Waals surface area contributed by atoms with E-state index >= 15 is 0 Å². The van der Waals surface area contributed by atoms with Crippen LogP contribution in [0, 0.1) is 5.92 Å². The summed E-state index contributed by atoms with van der Waals surface area (Å²) in [4.78, 5) is 11.6. The Morgan fingerprint density at radius 3 is 2.09 bits per heavy atom. The summed E-state index contributed by atoms with van der Waals surface area (Å²) >= 11 is 0. The summed E-state index contributed by atoms with van der Waals surface area (Å²) in [5.41, 5.74) is 5.67. The Morgan fingerprint density at radius 2 is 1.59 bits per heavy atom. The van der Waals surface area contributed by atoms with Gasteiger partial charge < -0.3 is 4.74 Å². The van der Waals surface area contributed by atoms with E-state index in [9.17, 15) is 4.79 Å². The second-order valence-corrected chi connectivity index (χ2v) is 6.01. The van der Waals surface area contributed by atoms with E-state index in [2.05, 4.69) is 62.0 Å². The quantitative estimate of drug-likeness (QED) is 0.610. The molecule has 1 atom stereocenters. The van der Waals surface area contributed by atoms with Crippen molar-refractivity contribution in [3.63, 3.8) is 0 Å². The van der Waals surface area contributed by atoms with Crippen LogP contribution in [0.3, 0.4) is 0 Å². The maximum atomic E-state index is 11.6. The number of rotatable bonds is 4. The first-order valence-corrected chi connectivity index (χ1v) is 7.60. The number of benzene rings is 2. The number of hydrogen-bond acceptors (Lipinski definition) is 2. The fourth-order valence-corrected chi connectivity index (χ4v) is 3.23.